The zero-order valence-corrected chi connectivity index (χ0v) is 10.4. The molecule has 1 aromatic rings. The summed E-state index contributed by atoms with van der Waals surface area (Å²) in [5.74, 6) is -0.399. The zero-order chi connectivity index (χ0) is 12.8. The van der Waals surface area contributed by atoms with Gasteiger partial charge in [-0.15, -0.1) is 11.6 Å². The molecule has 1 amide bonds. The first-order chi connectivity index (χ1) is 8.06. The van der Waals surface area contributed by atoms with E-state index in [0.29, 0.717) is 5.88 Å². The lowest BCUT2D eigenvalue weighted by molar-refractivity contribution is 0.0933. The van der Waals surface area contributed by atoms with Crippen LogP contribution in [0.1, 0.15) is 30.1 Å². The molecule has 1 atom stereocenters. The fraction of sp³-hybridized carbons (Fsp3) is 0.417. The molecule has 0 radical (unpaired) electrons. The van der Waals surface area contributed by atoms with Crippen LogP contribution in [-0.2, 0) is 0 Å². The highest BCUT2D eigenvalue weighted by Gasteiger charge is 2.17. The van der Waals surface area contributed by atoms with Crippen molar-refractivity contribution in [3.63, 3.8) is 0 Å². The van der Waals surface area contributed by atoms with Crippen LogP contribution in [0, 0.1) is 0 Å². The predicted molar refractivity (Wildman–Crippen MR) is 66.7 cm³/mol. The summed E-state index contributed by atoms with van der Waals surface area (Å²) in [6, 6.07) is 4.13. The van der Waals surface area contributed by atoms with Crippen molar-refractivity contribution < 1.29 is 15.0 Å². The van der Waals surface area contributed by atoms with Gasteiger partial charge in [-0.2, -0.15) is 0 Å². The van der Waals surface area contributed by atoms with Crippen LogP contribution in [0.4, 0.5) is 0 Å². The van der Waals surface area contributed by atoms with E-state index in [1.165, 1.54) is 18.2 Å². The van der Waals surface area contributed by atoms with E-state index < -0.39 is 5.91 Å². The largest absolute Gasteiger partial charge is 0.507 e. The first-order valence-electron chi connectivity index (χ1n) is 5.44. The smallest absolute Gasteiger partial charge is 0.259 e. The number of amides is 1. The minimum absolute atomic E-state index is 0.0553. The fourth-order valence-corrected chi connectivity index (χ4v) is 1.67. The molecular weight excluding hydrogens is 242 g/mol. The van der Waals surface area contributed by atoms with Crippen LogP contribution in [0.25, 0.3) is 0 Å². The van der Waals surface area contributed by atoms with Gasteiger partial charge in [0.15, 0.2) is 0 Å². The molecule has 0 fully saturated rings. The third-order valence-corrected chi connectivity index (χ3v) is 2.66. The van der Waals surface area contributed by atoms with Gasteiger partial charge in [0.2, 0.25) is 0 Å². The Morgan fingerprint density at radius 2 is 2.00 bits per heavy atom. The number of benzene rings is 1. The van der Waals surface area contributed by atoms with Crippen molar-refractivity contribution in [2.24, 2.45) is 0 Å². The van der Waals surface area contributed by atoms with Crippen LogP contribution < -0.4 is 5.32 Å². The van der Waals surface area contributed by atoms with E-state index in [4.69, 9.17) is 11.6 Å². The lowest BCUT2D eigenvalue weighted by Gasteiger charge is -2.14. The summed E-state index contributed by atoms with van der Waals surface area (Å²) in [4.78, 5) is 11.8. The summed E-state index contributed by atoms with van der Waals surface area (Å²) < 4.78 is 0. The van der Waals surface area contributed by atoms with Crippen molar-refractivity contribution >= 4 is 17.5 Å². The Kier molecular flexibility index (Phi) is 5.10. The maximum Gasteiger partial charge on any atom is 0.259 e. The third-order valence-electron chi connectivity index (χ3n) is 2.40. The van der Waals surface area contributed by atoms with Gasteiger partial charge in [-0.05, 0) is 31.9 Å². The molecule has 0 aliphatic carbocycles. The third kappa shape index (κ3) is 3.82. The molecule has 4 nitrogen and oxygen atoms in total. The summed E-state index contributed by atoms with van der Waals surface area (Å²) in [6.07, 6.45) is 1.55. The monoisotopic (exact) mass is 257 g/mol. The molecule has 0 saturated carbocycles. The maximum absolute atomic E-state index is 11.8. The van der Waals surface area contributed by atoms with Gasteiger partial charge in [-0.3, -0.25) is 4.79 Å². The number of rotatable bonds is 5. The van der Waals surface area contributed by atoms with E-state index in [1.807, 2.05) is 6.92 Å². The van der Waals surface area contributed by atoms with Crippen molar-refractivity contribution in [3.05, 3.63) is 23.8 Å². The SMILES string of the molecule is CC(CCCCl)NC(=O)c1c(O)cccc1O. The Morgan fingerprint density at radius 3 is 2.53 bits per heavy atom. The van der Waals surface area contributed by atoms with Crippen molar-refractivity contribution in [1.29, 1.82) is 0 Å². The first-order valence-corrected chi connectivity index (χ1v) is 5.97. The molecule has 0 heterocycles. The summed E-state index contributed by atoms with van der Waals surface area (Å²) in [6.45, 7) is 1.85. The number of carbonyl (C=O) groups excluding carboxylic acids is 1. The summed E-state index contributed by atoms with van der Waals surface area (Å²) >= 11 is 5.56. The van der Waals surface area contributed by atoms with Crippen LogP contribution in [-0.4, -0.2) is 28.0 Å². The molecule has 94 valence electrons. The summed E-state index contributed by atoms with van der Waals surface area (Å²) in [5, 5.41) is 21.7. The highest BCUT2D eigenvalue weighted by Crippen LogP contribution is 2.26. The van der Waals surface area contributed by atoms with Gasteiger partial charge >= 0.3 is 0 Å². The Morgan fingerprint density at radius 1 is 1.41 bits per heavy atom. The Labute approximate surface area is 105 Å². The topological polar surface area (TPSA) is 69.6 Å². The molecular formula is C12H16ClNO3. The van der Waals surface area contributed by atoms with E-state index in [1.54, 1.807) is 0 Å². The number of hydrogen-bond acceptors (Lipinski definition) is 3. The molecule has 1 aromatic carbocycles. The second kappa shape index (κ2) is 6.35. The number of halogens is 1. The standard InChI is InChI=1S/C12H16ClNO3/c1-8(4-3-7-13)14-12(17)11-9(15)5-2-6-10(11)16/h2,5-6,8,15-16H,3-4,7H2,1H3,(H,14,17). The highest BCUT2D eigenvalue weighted by atomic mass is 35.5. The van der Waals surface area contributed by atoms with E-state index in [9.17, 15) is 15.0 Å². The Balaban J connectivity index is 2.70. The van der Waals surface area contributed by atoms with Crippen LogP contribution in [0.2, 0.25) is 0 Å². The number of hydrogen-bond donors (Lipinski definition) is 3. The molecule has 0 aliphatic rings. The highest BCUT2D eigenvalue weighted by molar-refractivity contribution is 6.17. The van der Waals surface area contributed by atoms with E-state index in [-0.39, 0.29) is 23.1 Å². The van der Waals surface area contributed by atoms with Crippen molar-refractivity contribution in [2.45, 2.75) is 25.8 Å². The number of nitrogens with one attached hydrogen (secondary N) is 1. The Hall–Kier alpha value is -1.42. The van der Waals surface area contributed by atoms with Gasteiger partial charge in [0.1, 0.15) is 17.1 Å². The van der Waals surface area contributed by atoms with Gasteiger partial charge in [0.25, 0.3) is 5.91 Å². The van der Waals surface area contributed by atoms with Gasteiger partial charge in [-0.1, -0.05) is 6.07 Å². The van der Waals surface area contributed by atoms with E-state index in [2.05, 4.69) is 5.32 Å². The summed E-state index contributed by atoms with van der Waals surface area (Å²) in [7, 11) is 0. The average Bonchev–Trinajstić information content (AvgIpc) is 2.26. The van der Waals surface area contributed by atoms with Crippen molar-refractivity contribution in [2.75, 3.05) is 5.88 Å². The molecule has 3 N–H and O–H groups in total. The van der Waals surface area contributed by atoms with Gasteiger partial charge < -0.3 is 15.5 Å². The second-order valence-corrected chi connectivity index (χ2v) is 4.25. The quantitative estimate of drug-likeness (QED) is 0.709. The minimum atomic E-state index is -0.484. The molecule has 0 aromatic heterocycles. The van der Waals surface area contributed by atoms with E-state index in [0.717, 1.165) is 12.8 Å². The average molecular weight is 258 g/mol. The van der Waals surface area contributed by atoms with Gasteiger partial charge in [0.05, 0.1) is 0 Å². The molecule has 17 heavy (non-hydrogen) atoms. The van der Waals surface area contributed by atoms with Crippen LogP contribution in [0.3, 0.4) is 0 Å². The predicted octanol–water partition coefficient (Wildman–Crippen LogP) is 2.24. The number of aromatic hydroxyl groups is 2. The van der Waals surface area contributed by atoms with Crippen LogP contribution >= 0.6 is 11.6 Å². The number of alkyl halides is 1. The van der Waals surface area contributed by atoms with Crippen LogP contribution in [0.5, 0.6) is 11.5 Å². The number of carbonyl (C=O) groups is 1. The fourth-order valence-electron chi connectivity index (χ4n) is 1.51. The van der Waals surface area contributed by atoms with Crippen molar-refractivity contribution in [1.82, 2.24) is 5.32 Å². The van der Waals surface area contributed by atoms with E-state index >= 15 is 0 Å². The lowest BCUT2D eigenvalue weighted by atomic mass is 10.1. The van der Waals surface area contributed by atoms with Crippen LogP contribution in [0.15, 0.2) is 18.2 Å². The zero-order valence-electron chi connectivity index (χ0n) is 9.61. The number of phenols is 2. The second-order valence-electron chi connectivity index (χ2n) is 3.88. The molecule has 0 bridgehead atoms. The first kappa shape index (κ1) is 13.6. The van der Waals surface area contributed by atoms with Gasteiger partial charge in [-0.25, -0.2) is 0 Å². The lowest BCUT2D eigenvalue weighted by Crippen LogP contribution is -2.32. The molecule has 0 saturated heterocycles. The molecule has 5 heteroatoms. The summed E-state index contributed by atoms with van der Waals surface area (Å²) in [5.41, 5.74) is -0.0924. The molecule has 0 aliphatic heterocycles. The normalized spacial score (nSPS) is 12.1. The molecule has 1 unspecified atom stereocenters. The minimum Gasteiger partial charge on any atom is -0.507 e. The molecule has 1 rings (SSSR count). The van der Waals surface area contributed by atoms with Gasteiger partial charge in [0, 0.05) is 11.9 Å². The molecule has 0 spiro atoms. The van der Waals surface area contributed by atoms with Crippen molar-refractivity contribution in [3.8, 4) is 11.5 Å². The maximum atomic E-state index is 11.8. The number of phenolic OH excluding ortho intramolecular Hbond substituents is 2. The Bertz CT molecular complexity index is 375.